The van der Waals surface area contributed by atoms with Crippen LogP contribution < -0.4 is 4.90 Å². The van der Waals surface area contributed by atoms with Gasteiger partial charge in [-0.05, 0) is 61.2 Å². The van der Waals surface area contributed by atoms with Crippen LogP contribution in [0.5, 0.6) is 0 Å². The smallest absolute Gasteiger partial charge is 0.141 e. The fourth-order valence-electron chi connectivity index (χ4n) is 4.48. The fourth-order valence-corrected chi connectivity index (χ4v) is 4.48. The molecule has 0 amide bonds. The summed E-state index contributed by atoms with van der Waals surface area (Å²) in [7, 11) is 2.21. The molecule has 0 unspecified atom stereocenters. The zero-order chi connectivity index (χ0) is 20.5. The van der Waals surface area contributed by atoms with E-state index in [0.29, 0.717) is 0 Å². The van der Waals surface area contributed by atoms with Crippen molar-refractivity contribution in [3.63, 3.8) is 0 Å². The zero-order valence-corrected chi connectivity index (χ0v) is 18.0. The first-order valence-corrected chi connectivity index (χ1v) is 11.1. The number of hydrogen-bond acceptors (Lipinski definition) is 3. The summed E-state index contributed by atoms with van der Waals surface area (Å²) in [5.74, 6) is 1.23. The minimum atomic E-state index is 1.02. The van der Waals surface area contributed by atoms with E-state index >= 15 is 0 Å². The molecule has 3 aromatic rings. The lowest BCUT2D eigenvalue weighted by Crippen LogP contribution is -2.45. The molecular formula is C26H30N4. The highest BCUT2D eigenvalue weighted by Crippen LogP contribution is 2.34. The van der Waals surface area contributed by atoms with Gasteiger partial charge in [0.15, 0.2) is 0 Å². The van der Waals surface area contributed by atoms with Crippen molar-refractivity contribution in [3.8, 4) is 11.3 Å². The molecule has 1 aromatic carbocycles. The Morgan fingerprint density at radius 1 is 0.967 bits per heavy atom. The van der Waals surface area contributed by atoms with Gasteiger partial charge in [0, 0.05) is 37.9 Å². The zero-order valence-electron chi connectivity index (χ0n) is 18.0. The van der Waals surface area contributed by atoms with E-state index in [2.05, 4.69) is 89.0 Å². The Labute approximate surface area is 179 Å². The van der Waals surface area contributed by atoms with Crippen LogP contribution in [0.1, 0.15) is 30.9 Å². The maximum Gasteiger partial charge on any atom is 0.141 e. The van der Waals surface area contributed by atoms with E-state index in [-0.39, 0.29) is 0 Å². The van der Waals surface area contributed by atoms with E-state index in [1.54, 1.807) is 0 Å². The largest absolute Gasteiger partial charge is 0.353 e. The van der Waals surface area contributed by atoms with Gasteiger partial charge in [-0.25, -0.2) is 4.98 Å². The van der Waals surface area contributed by atoms with Gasteiger partial charge in [0.1, 0.15) is 17.2 Å². The molecule has 1 aliphatic carbocycles. The predicted octanol–water partition coefficient (Wildman–Crippen LogP) is 5.05. The van der Waals surface area contributed by atoms with Crippen LogP contribution in [0.15, 0.2) is 60.8 Å². The molecule has 2 aliphatic rings. The summed E-state index contributed by atoms with van der Waals surface area (Å²) >= 11 is 0. The van der Waals surface area contributed by atoms with Gasteiger partial charge in [-0.2, -0.15) is 0 Å². The number of fused-ring (bicyclic) bond motifs is 1. The van der Waals surface area contributed by atoms with Crippen LogP contribution in [-0.2, 0) is 6.42 Å². The number of likely N-dealkylation sites (N-methyl/N-ethyl adjacent to an activating group) is 1. The van der Waals surface area contributed by atoms with E-state index in [1.165, 1.54) is 28.1 Å². The minimum Gasteiger partial charge on any atom is -0.353 e. The molecule has 0 N–H and O–H groups in total. The Kier molecular flexibility index (Phi) is 5.17. The number of hydrogen-bond donors (Lipinski definition) is 0. The Balaban J connectivity index is 1.67. The first-order valence-electron chi connectivity index (χ1n) is 11.1. The van der Waals surface area contributed by atoms with Gasteiger partial charge in [0.2, 0.25) is 0 Å². The number of anilines is 1. The van der Waals surface area contributed by atoms with Gasteiger partial charge in [-0.15, -0.1) is 0 Å². The normalized spacial score (nSPS) is 17.5. The molecule has 30 heavy (non-hydrogen) atoms. The van der Waals surface area contributed by atoms with Crippen molar-refractivity contribution in [1.29, 1.82) is 0 Å². The van der Waals surface area contributed by atoms with E-state index in [0.717, 1.165) is 56.8 Å². The monoisotopic (exact) mass is 398 g/mol. The second kappa shape index (κ2) is 8.11. The van der Waals surface area contributed by atoms with Crippen LogP contribution in [0.2, 0.25) is 0 Å². The molecule has 1 saturated heterocycles. The lowest BCUT2D eigenvalue weighted by molar-refractivity contribution is 0.312. The molecule has 0 atom stereocenters. The highest BCUT2D eigenvalue weighted by Gasteiger charge is 2.23. The molecule has 1 aliphatic heterocycles. The highest BCUT2D eigenvalue weighted by atomic mass is 15.3. The van der Waals surface area contributed by atoms with Gasteiger partial charge in [-0.3, -0.25) is 4.40 Å². The maximum absolute atomic E-state index is 5.11. The number of piperazine rings is 1. The number of imidazole rings is 1. The average Bonchev–Trinajstić information content (AvgIpc) is 3.19. The molecule has 2 aromatic heterocycles. The molecule has 0 spiro atoms. The molecule has 5 rings (SSSR count). The first-order chi connectivity index (χ1) is 14.7. The quantitative estimate of drug-likeness (QED) is 0.615. The summed E-state index contributed by atoms with van der Waals surface area (Å²) in [4.78, 5) is 10.0. The molecular weight excluding hydrogens is 368 g/mol. The van der Waals surface area contributed by atoms with Crippen LogP contribution in [0.4, 0.5) is 5.82 Å². The van der Waals surface area contributed by atoms with E-state index < -0.39 is 0 Å². The molecule has 0 radical (unpaired) electrons. The fraction of sp³-hybridized carbons (Fsp3) is 0.346. The van der Waals surface area contributed by atoms with Crippen LogP contribution >= 0.6 is 0 Å². The number of pyridine rings is 1. The Hall–Kier alpha value is -2.85. The maximum atomic E-state index is 5.11. The van der Waals surface area contributed by atoms with Gasteiger partial charge in [-0.1, -0.05) is 43.4 Å². The highest BCUT2D eigenvalue weighted by molar-refractivity contribution is 5.80. The third kappa shape index (κ3) is 3.56. The van der Waals surface area contributed by atoms with Gasteiger partial charge in [0.05, 0.1) is 0 Å². The standard InChI is InChI=1S/C26H30N4/c1-3-20-8-7-11-22(18-20)25-26(29-16-14-28(2)15-17-29)30-19-23(12-13-24(30)27-25)21-9-5-4-6-10-21/h5,7-13,18-19H,3-4,6,14-17H2,1-2H3. The van der Waals surface area contributed by atoms with Crippen molar-refractivity contribution in [2.24, 2.45) is 0 Å². The summed E-state index contributed by atoms with van der Waals surface area (Å²) in [6.07, 6.45) is 12.5. The summed E-state index contributed by atoms with van der Waals surface area (Å²) in [5, 5.41) is 0. The van der Waals surface area contributed by atoms with E-state index in [4.69, 9.17) is 4.98 Å². The number of nitrogens with zero attached hydrogens (tertiary/aromatic N) is 4. The van der Waals surface area contributed by atoms with Crippen molar-refractivity contribution < 1.29 is 0 Å². The van der Waals surface area contributed by atoms with E-state index in [1.807, 2.05) is 0 Å². The SMILES string of the molecule is CCc1cccc(-c2nc3ccc(C4=CCCC=C4)cn3c2N2CCN(C)CC2)c1. The molecule has 4 nitrogen and oxygen atoms in total. The number of benzene rings is 1. The van der Waals surface area contributed by atoms with Crippen molar-refractivity contribution in [2.45, 2.75) is 26.2 Å². The Morgan fingerprint density at radius 2 is 1.83 bits per heavy atom. The Bertz CT molecular complexity index is 1110. The Morgan fingerprint density at radius 3 is 2.60 bits per heavy atom. The second-order valence-electron chi connectivity index (χ2n) is 8.41. The van der Waals surface area contributed by atoms with Gasteiger partial charge in [0.25, 0.3) is 0 Å². The lowest BCUT2D eigenvalue weighted by Gasteiger charge is -2.34. The molecule has 1 fully saturated rings. The molecule has 0 bridgehead atoms. The minimum absolute atomic E-state index is 1.02. The lowest BCUT2D eigenvalue weighted by atomic mass is 10.0. The number of aryl methyl sites for hydroxylation is 1. The van der Waals surface area contributed by atoms with Crippen molar-refractivity contribution in [1.82, 2.24) is 14.3 Å². The van der Waals surface area contributed by atoms with Crippen LogP contribution in [0.25, 0.3) is 22.5 Å². The third-order valence-electron chi connectivity index (χ3n) is 6.33. The van der Waals surface area contributed by atoms with E-state index in [9.17, 15) is 0 Å². The molecule has 0 saturated carbocycles. The van der Waals surface area contributed by atoms with Crippen molar-refractivity contribution in [2.75, 3.05) is 38.1 Å². The van der Waals surface area contributed by atoms with Crippen LogP contribution in [-0.4, -0.2) is 47.5 Å². The van der Waals surface area contributed by atoms with Gasteiger partial charge >= 0.3 is 0 Å². The first kappa shape index (κ1) is 19.1. The van der Waals surface area contributed by atoms with Gasteiger partial charge < -0.3 is 9.80 Å². The molecule has 154 valence electrons. The van der Waals surface area contributed by atoms with Crippen molar-refractivity contribution in [3.05, 3.63) is 72.0 Å². The third-order valence-corrected chi connectivity index (χ3v) is 6.33. The topological polar surface area (TPSA) is 23.8 Å². The summed E-state index contributed by atoms with van der Waals surface area (Å²) in [6.45, 7) is 6.42. The van der Waals surface area contributed by atoms with Crippen LogP contribution in [0, 0.1) is 0 Å². The number of aromatic nitrogens is 2. The average molecular weight is 399 g/mol. The molecule has 3 heterocycles. The summed E-state index contributed by atoms with van der Waals surface area (Å²) in [6, 6.07) is 13.3. The number of allylic oxidation sites excluding steroid dienone is 4. The predicted molar refractivity (Wildman–Crippen MR) is 126 cm³/mol. The summed E-state index contributed by atoms with van der Waals surface area (Å²) in [5.41, 5.74) is 7.26. The second-order valence-corrected chi connectivity index (χ2v) is 8.41. The summed E-state index contributed by atoms with van der Waals surface area (Å²) < 4.78 is 2.32. The number of rotatable bonds is 4. The van der Waals surface area contributed by atoms with Crippen molar-refractivity contribution >= 4 is 17.0 Å². The van der Waals surface area contributed by atoms with Crippen LogP contribution in [0.3, 0.4) is 0 Å². The molecule has 4 heteroatoms.